The Morgan fingerprint density at radius 3 is 3.10 bits per heavy atom. The third-order valence-electron chi connectivity index (χ3n) is 3.76. The lowest BCUT2D eigenvalue weighted by atomic mass is 9.90. The monoisotopic (exact) mass is 279 g/mol. The van der Waals surface area contributed by atoms with Gasteiger partial charge in [-0.25, -0.2) is 9.97 Å². The van der Waals surface area contributed by atoms with Crippen molar-refractivity contribution in [3.63, 3.8) is 0 Å². The Bertz CT molecular complexity index is 394. The van der Waals surface area contributed by atoms with Crippen LogP contribution < -0.4 is 10.1 Å². The standard InChI is InChI=1S/C15H25N3O2/c1-3-6-16-14(12-5-4-7-20-10-12)8-13-9-15(19-2)18-11-17-13/h9,11-12,14,16H,3-8,10H2,1-2H3. The number of hydrogen-bond acceptors (Lipinski definition) is 5. The van der Waals surface area contributed by atoms with E-state index in [0.717, 1.165) is 44.7 Å². The molecule has 2 heterocycles. The SMILES string of the molecule is CCCNC(Cc1cc(OC)ncn1)C1CCCOC1. The minimum atomic E-state index is 0.412. The normalized spacial score (nSPS) is 20.6. The van der Waals surface area contributed by atoms with Crippen LogP contribution in [0.5, 0.6) is 5.88 Å². The Labute approximate surface area is 121 Å². The van der Waals surface area contributed by atoms with Crippen LogP contribution in [0.4, 0.5) is 0 Å². The summed E-state index contributed by atoms with van der Waals surface area (Å²) in [5.41, 5.74) is 1.02. The van der Waals surface area contributed by atoms with Gasteiger partial charge in [0.15, 0.2) is 0 Å². The molecule has 2 unspecified atom stereocenters. The molecule has 1 fully saturated rings. The highest BCUT2D eigenvalue weighted by Crippen LogP contribution is 2.20. The molecule has 2 atom stereocenters. The second kappa shape index (κ2) is 8.17. The van der Waals surface area contributed by atoms with Crippen molar-refractivity contribution in [2.24, 2.45) is 5.92 Å². The molecule has 1 aromatic rings. The zero-order valence-corrected chi connectivity index (χ0v) is 12.5. The quantitative estimate of drug-likeness (QED) is 0.825. The molecular weight excluding hydrogens is 254 g/mol. The average Bonchev–Trinajstić information content (AvgIpc) is 2.52. The van der Waals surface area contributed by atoms with Crippen LogP contribution in [0.1, 0.15) is 31.9 Å². The second-order valence-corrected chi connectivity index (χ2v) is 5.29. The molecule has 0 radical (unpaired) electrons. The maximum absolute atomic E-state index is 5.63. The molecule has 20 heavy (non-hydrogen) atoms. The van der Waals surface area contributed by atoms with Gasteiger partial charge in [-0.05, 0) is 31.7 Å². The summed E-state index contributed by atoms with van der Waals surface area (Å²) in [7, 11) is 1.63. The lowest BCUT2D eigenvalue weighted by Crippen LogP contribution is -2.42. The van der Waals surface area contributed by atoms with Gasteiger partial charge in [-0.2, -0.15) is 0 Å². The maximum atomic E-state index is 5.63. The van der Waals surface area contributed by atoms with Gasteiger partial charge in [0.2, 0.25) is 5.88 Å². The van der Waals surface area contributed by atoms with Gasteiger partial charge in [0.25, 0.3) is 0 Å². The van der Waals surface area contributed by atoms with Gasteiger partial charge in [-0.3, -0.25) is 0 Å². The van der Waals surface area contributed by atoms with E-state index in [1.54, 1.807) is 13.4 Å². The average molecular weight is 279 g/mol. The molecule has 1 N–H and O–H groups in total. The van der Waals surface area contributed by atoms with Crippen LogP contribution in [0.3, 0.4) is 0 Å². The van der Waals surface area contributed by atoms with Crippen LogP contribution in [-0.4, -0.2) is 42.9 Å². The maximum Gasteiger partial charge on any atom is 0.216 e. The van der Waals surface area contributed by atoms with Gasteiger partial charge in [0.1, 0.15) is 6.33 Å². The van der Waals surface area contributed by atoms with Crippen molar-refractivity contribution in [1.82, 2.24) is 15.3 Å². The molecule has 0 aliphatic carbocycles. The van der Waals surface area contributed by atoms with Gasteiger partial charge >= 0.3 is 0 Å². The fourth-order valence-electron chi connectivity index (χ4n) is 2.64. The lowest BCUT2D eigenvalue weighted by molar-refractivity contribution is 0.0392. The first-order valence-corrected chi connectivity index (χ1v) is 7.49. The summed E-state index contributed by atoms with van der Waals surface area (Å²) in [6.07, 6.45) is 5.98. The number of aromatic nitrogens is 2. The fourth-order valence-corrected chi connectivity index (χ4v) is 2.64. The second-order valence-electron chi connectivity index (χ2n) is 5.29. The molecule has 0 spiro atoms. The molecule has 0 amide bonds. The molecule has 5 heteroatoms. The van der Waals surface area contributed by atoms with Crippen molar-refractivity contribution in [3.05, 3.63) is 18.1 Å². The number of nitrogens with zero attached hydrogens (tertiary/aromatic N) is 2. The first kappa shape index (κ1) is 15.2. The molecule has 1 aliphatic rings. The van der Waals surface area contributed by atoms with Gasteiger partial charge in [-0.15, -0.1) is 0 Å². The van der Waals surface area contributed by atoms with Crippen LogP contribution in [0.2, 0.25) is 0 Å². The number of hydrogen-bond donors (Lipinski definition) is 1. The zero-order valence-electron chi connectivity index (χ0n) is 12.5. The lowest BCUT2D eigenvalue weighted by Gasteiger charge is -2.31. The van der Waals surface area contributed by atoms with Crippen LogP contribution in [-0.2, 0) is 11.2 Å². The van der Waals surface area contributed by atoms with Crippen molar-refractivity contribution >= 4 is 0 Å². The van der Waals surface area contributed by atoms with E-state index in [9.17, 15) is 0 Å². The van der Waals surface area contributed by atoms with E-state index in [1.807, 2.05) is 6.07 Å². The first-order valence-electron chi connectivity index (χ1n) is 7.49. The number of rotatable bonds is 7. The third kappa shape index (κ3) is 4.42. The summed E-state index contributed by atoms with van der Waals surface area (Å²) >= 11 is 0. The Morgan fingerprint density at radius 1 is 1.50 bits per heavy atom. The van der Waals surface area contributed by atoms with Crippen molar-refractivity contribution in [2.45, 2.75) is 38.6 Å². The molecular formula is C15H25N3O2. The van der Waals surface area contributed by atoms with Gasteiger partial charge < -0.3 is 14.8 Å². The Morgan fingerprint density at radius 2 is 2.40 bits per heavy atom. The molecule has 5 nitrogen and oxygen atoms in total. The minimum absolute atomic E-state index is 0.412. The Balaban J connectivity index is 2.01. The smallest absolute Gasteiger partial charge is 0.216 e. The highest BCUT2D eigenvalue weighted by molar-refractivity contribution is 5.14. The van der Waals surface area contributed by atoms with E-state index in [2.05, 4.69) is 22.2 Å². The van der Waals surface area contributed by atoms with Crippen molar-refractivity contribution in [1.29, 1.82) is 0 Å². The predicted octanol–water partition coefficient (Wildman–Crippen LogP) is 1.82. The largest absolute Gasteiger partial charge is 0.481 e. The molecule has 0 saturated carbocycles. The zero-order chi connectivity index (χ0) is 14.2. The fraction of sp³-hybridized carbons (Fsp3) is 0.733. The van der Waals surface area contributed by atoms with E-state index in [4.69, 9.17) is 9.47 Å². The number of nitrogens with one attached hydrogen (secondary N) is 1. The number of ether oxygens (including phenoxy) is 2. The van der Waals surface area contributed by atoms with Gasteiger partial charge in [-0.1, -0.05) is 6.92 Å². The molecule has 1 aliphatic heterocycles. The Kier molecular flexibility index (Phi) is 6.21. The van der Waals surface area contributed by atoms with Crippen molar-refractivity contribution < 1.29 is 9.47 Å². The third-order valence-corrected chi connectivity index (χ3v) is 3.76. The van der Waals surface area contributed by atoms with Gasteiger partial charge in [0, 0.05) is 30.8 Å². The van der Waals surface area contributed by atoms with E-state index in [1.165, 1.54) is 6.42 Å². The highest BCUT2D eigenvalue weighted by Gasteiger charge is 2.24. The molecule has 1 saturated heterocycles. The van der Waals surface area contributed by atoms with E-state index in [-0.39, 0.29) is 0 Å². The van der Waals surface area contributed by atoms with Crippen LogP contribution in [0, 0.1) is 5.92 Å². The minimum Gasteiger partial charge on any atom is -0.481 e. The molecule has 112 valence electrons. The first-order chi connectivity index (χ1) is 9.83. The van der Waals surface area contributed by atoms with Gasteiger partial charge in [0.05, 0.1) is 13.7 Å². The van der Waals surface area contributed by atoms with Crippen LogP contribution in [0.15, 0.2) is 12.4 Å². The van der Waals surface area contributed by atoms with E-state index >= 15 is 0 Å². The topological polar surface area (TPSA) is 56.3 Å². The summed E-state index contributed by atoms with van der Waals surface area (Å²) < 4.78 is 10.8. The van der Waals surface area contributed by atoms with Crippen molar-refractivity contribution in [3.8, 4) is 5.88 Å². The summed E-state index contributed by atoms with van der Waals surface area (Å²) in [4.78, 5) is 8.42. The Hall–Kier alpha value is -1.20. The molecule has 2 rings (SSSR count). The summed E-state index contributed by atoms with van der Waals surface area (Å²) in [5.74, 6) is 1.19. The predicted molar refractivity (Wildman–Crippen MR) is 77.9 cm³/mol. The van der Waals surface area contributed by atoms with Crippen LogP contribution in [0.25, 0.3) is 0 Å². The van der Waals surface area contributed by atoms with Crippen LogP contribution >= 0.6 is 0 Å². The number of methoxy groups -OCH3 is 1. The summed E-state index contributed by atoms with van der Waals surface area (Å²) in [6.45, 7) is 4.97. The highest BCUT2D eigenvalue weighted by atomic mass is 16.5. The van der Waals surface area contributed by atoms with E-state index < -0.39 is 0 Å². The summed E-state index contributed by atoms with van der Waals surface area (Å²) in [5, 5.41) is 3.64. The summed E-state index contributed by atoms with van der Waals surface area (Å²) in [6, 6.07) is 2.33. The molecule has 1 aromatic heterocycles. The van der Waals surface area contributed by atoms with E-state index in [0.29, 0.717) is 17.8 Å². The van der Waals surface area contributed by atoms with Crippen molar-refractivity contribution in [2.75, 3.05) is 26.9 Å². The molecule has 0 aromatic carbocycles. The molecule has 0 bridgehead atoms.